The van der Waals surface area contributed by atoms with Gasteiger partial charge in [0.25, 0.3) is 0 Å². The fourth-order valence-electron chi connectivity index (χ4n) is 1.09. The molecule has 76 valence electrons. The summed E-state index contributed by atoms with van der Waals surface area (Å²) in [7, 11) is 1.62. The zero-order valence-corrected chi connectivity index (χ0v) is 9.81. The summed E-state index contributed by atoms with van der Waals surface area (Å²) in [5, 5.41) is 5.61. The zero-order valence-electron chi connectivity index (χ0n) is 8.23. The fraction of sp³-hybridized carbons (Fsp3) is 0.300. The summed E-state index contributed by atoms with van der Waals surface area (Å²) < 4.78 is 1.04. The number of likely N-dealkylation sites (N-methyl/N-ethyl adjacent to an activating group) is 1. The van der Waals surface area contributed by atoms with Crippen molar-refractivity contribution in [3.05, 3.63) is 28.2 Å². The van der Waals surface area contributed by atoms with Crippen LogP contribution in [-0.2, 0) is 4.79 Å². The Labute approximate surface area is 92.0 Å². The average molecular weight is 257 g/mol. The van der Waals surface area contributed by atoms with Gasteiger partial charge in [0.05, 0.1) is 6.54 Å². The van der Waals surface area contributed by atoms with Gasteiger partial charge in [-0.15, -0.1) is 0 Å². The predicted octanol–water partition coefficient (Wildman–Crippen LogP) is 1.92. The van der Waals surface area contributed by atoms with Gasteiger partial charge >= 0.3 is 0 Å². The van der Waals surface area contributed by atoms with Crippen molar-refractivity contribution in [2.24, 2.45) is 0 Å². The summed E-state index contributed by atoms with van der Waals surface area (Å²) in [5.74, 6) is -0.0210. The minimum atomic E-state index is -0.0210. The first-order valence-corrected chi connectivity index (χ1v) is 5.13. The zero-order chi connectivity index (χ0) is 10.6. The lowest BCUT2D eigenvalue weighted by Gasteiger charge is -2.08. The summed E-state index contributed by atoms with van der Waals surface area (Å²) in [6.45, 7) is 2.30. The van der Waals surface area contributed by atoms with Gasteiger partial charge in [0.2, 0.25) is 5.91 Å². The van der Waals surface area contributed by atoms with E-state index in [1.165, 1.54) is 0 Å². The SMILES string of the molecule is CNC(=O)CNc1ccc(Br)cc1C. The molecule has 0 aromatic heterocycles. The van der Waals surface area contributed by atoms with Crippen molar-refractivity contribution in [2.45, 2.75) is 6.92 Å². The summed E-state index contributed by atoms with van der Waals surface area (Å²) in [6, 6.07) is 5.90. The number of hydrogen-bond donors (Lipinski definition) is 2. The summed E-state index contributed by atoms with van der Waals surface area (Å²) in [6.07, 6.45) is 0. The Bertz CT molecular complexity index is 339. The second kappa shape index (κ2) is 5.00. The molecule has 0 aliphatic rings. The van der Waals surface area contributed by atoms with Gasteiger partial charge in [0.1, 0.15) is 0 Å². The van der Waals surface area contributed by atoms with E-state index < -0.39 is 0 Å². The molecule has 3 nitrogen and oxygen atoms in total. The van der Waals surface area contributed by atoms with Gasteiger partial charge in [0.15, 0.2) is 0 Å². The molecule has 2 N–H and O–H groups in total. The first kappa shape index (κ1) is 11.0. The van der Waals surface area contributed by atoms with Crippen molar-refractivity contribution >= 4 is 27.5 Å². The molecule has 0 unspecified atom stereocenters. The number of nitrogens with one attached hydrogen (secondary N) is 2. The van der Waals surface area contributed by atoms with Crippen molar-refractivity contribution < 1.29 is 4.79 Å². The Balaban J connectivity index is 2.63. The molecule has 0 heterocycles. The number of aryl methyl sites for hydroxylation is 1. The lowest BCUT2D eigenvalue weighted by Crippen LogP contribution is -2.26. The van der Waals surface area contributed by atoms with Crippen LogP contribution in [0.1, 0.15) is 5.56 Å². The maximum absolute atomic E-state index is 11.0. The van der Waals surface area contributed by atoms with Gasteiger partial charge < -0.3 is 10.6 Å². The van der Waals surface area contributed by atoms with Gasteiger partial charge in [-0.25, -0.2) is 0 Å². The van der Waals surface area contributed by atoms with E-state index in [2.05, 4.69) is 26.6 Å². The van der Waals surface area contributed by atoms with Crippen LogP contribution < -0.4 is 10.6 Å². The van der Waals surface area contributed by atoms with Crippen LogP contribution in [0.5, 0.6) is 0 Å². The summed E-state index contributed by atoms with van der Waals surface area (Å²) >= 11 is 3.38. The normalized spacial score (nSPS) is 9.64. The average Bonchev–Trinajstić information content (AvgIpc) is 2.16. The largest absolute Gasteiger partial charge is 0.376 e. The van der Waals surface area contributed by atoms with Crippen LogP contribution in [0.15, 0.2) is 22.7 Å². The molecule has 0 aliphatic carbocycles. The minimum Gasteiger partial charge on any atom is -0.376 e. The monoisotopic (exact) mass is 256 g/mol. The Hall–Kier alpha value is -1.03. The van der Waals surface area contributed by atoms with Crippen LogP contribution >= 0.6 is 15.9 Å². The molecule has 0 bridgehead atoms. The van der Waals surface area contributed by atoms with E-state index in [4.69, 9.17) is 0 Å². The molecule has 1 aromatic rings. The number of carbonyl (C=O) groups is 1. The van der Waals surface area contributed by atoms with Gasteiger partial charge in [0, 0.05) is 17.2 Å². The lowest BCUT2D eigenvalue weighted by molar-refractivity contribution is -0.118. The molecular weight excluding hydrogens is 244 g/mol. The van der Waals surface area contributed by atoms with E-state index in [0.29, 0.717) is 6.54 Å². The number of halogens is 1. The van der Waals surface area contributed by atoms with Crippen molar-refractivity contribution in [2.75, 3.05) is 18.9 Å². The molecule has 0 saturated carbocycles. The van der Waals surface area contributed by atoms with Crippen LogP contribution in [0.4, 0.5) is 5.69 Å². The standard InChI is InChI=1S/C10H13BrN2O/c1-7-5-8(11)3-4-9(7)13-6-10(14)12-2/h3-5,13H,6H2,1-2H3,(H,12,14). The Kier molecular flexibility index (Phi) is 3.95. The molecule has 0 fully saturated rings. The number of amides is 1. The molecule has 14 heavy (non-hydrogen) atoms. The van der Waals surface area contributed by atoms with Crippen LogP contribution in [-0.4, -0.2) is 19.5 Å². The minimum absolute atomic E-state index is 0.0210. The number of carbonyl (C=O) groups excluding carboxylic acids is 1. The summed E-state index contributed by atoms with van der Waals surface area (Å²) in [5.41, 5.74) is 2.10. The molecule has 0 atom stereocenters. The molecule has 0 aliphatic heterocycles. The maximum atomic E-state index is 11.0. The van der Waals surface area contributed by atoms with Crippen LogP contribution in [0.3, 0.4) is 0 Å². The predicted molar refractivity (Wildman–Crippen MR) is 61.4 cm³/mol. The molecule has 0 saturated heterocycles. The van der Waals surface area contributed by atoms with E-state index in [-0.39, 0.29) is 5.91 Å². The summed E-state index contributed by atoms with van der Waals surface area (Å²) in [4.78, 5) is 11.0. The highest BCUT2D eigenvalue weighted by atomic mass is 79.9. The van der Waals surface area contributed by atoms with Crippen LogP contribution in [0, 0.1) is 6.92 Å². The quantitative estimate of drug-likeness (QED) is 0.868. The van der Waals surface area contributed by atoms with E-state index in [1.54, 1.807) is 7.05 Å². The first-order valence-electron chi connectivity index (χ1n) is 4.34. The van der Waals surface area contributed by atoms with Gasteiger partial charge in [-0.2, -0.15) is 0 Å². The van der Waals surface area contributed by atoms with E-state index in [0.717, 1.165) is 15.7 Å². The second-order valence-electron chi connectivity index (χ2n) is 2.99. The highest BCUT2D eigenvalue weighted by Gasteiger charge is 2.00. The Morgan fingerprint density at radius 1 is 1.50 bits per heavy atom. The number of hydrogen-bond acceptors (Lipinski definition) is 2. The van der Waals surface area contributed by atoms with Gasteiger partial charge in [-0.3, -0.25) is 4.79 Å². The Morgan fingerprint density at radius 3 is 2.79 bits per heavy atom. The third-order valence-electron chi connectivity index (χ3n) is 1.91. The highest BCUT2D eigenvalue weighted by molar-refractivity contribution is 9.10. The molecular formula is C10H13BrN2O. The van der Waals surface area contributed by atoms with Crippen molar-refractivity contribution in [1.82, 2.24) is 5.32 Å². The van der Waals surface area contributed by atoms with Crippen molar-refractivity contribution in [1.29, 1.82) is 0 Å². The third kappa shape index (κ3) is 3.03. The van der Waals surface area contributed by atoms with E-state index in [1.807, 2.05) is 25.1 Å². The molecule has 4 heteroatoms. The third-order valence-corrected chi connectivity index (χ3v) is 2.40. The number of benzene rings is 1. The van der Waals surface area contributed by atoms with Crippen molar-refractivity contribution in [3.8, 4) is 0 Å². The smallest absolute Gasteiger partial charge is 0.239 e. The topological polar surface area (TPSA) is 41.1 Å². The molecule has 1 aromatic carbocycles. The van der Waals surface area contributed by atoms with Crippen molar-refractivity contribution in [3.63, 3.8) is 0 Å². The van der Waals surface area contributed by atoms with Crippen LogP contribution in [0.25, 0.3) is 0 Å². The van der Waals surface area contributed by atoms with E-state index in [9.17, 15) is 4.79 Å². The molecule has 1 rings (SSSR count). The molecule has 0 radical (unpaired) electrons. The highest BCUT2D eigenvalue weighted by Crippen LogP contribution is 2.19. The second-order valence-corrected chi connectivity index (χ2v) is 3.90. The number of anilines is 1. The maximum Gasteiger partial charge on any atom is 0.239 e. The number of rotatable bonds is 3. The lowest BCUT2D eigenvalue weighted by atomic mass is 10.2. The van der Waals surface area contributed by atoms with Gasteiger partial charge in [-0.05, 0) is 30.7 Å². The van der Waals surface area contributed by atoms with Crippen LogP contribution in [0.2, 0.25) is 0 Å². The Morgan fingerprint density at radius 2 is 2.21 bits per heavy atom. The fourth-order valence-corrected chi connectivity index (χ4v) is 1.56. The first-order chi connectivity index (χ1) is 6.63. The van der Waals surface area contributed by atoms with E-state index >= 15 is 0 Å². The van der Waals surface area contributed by atoms with Gasteiger partial charge in [-0.1, -0.05) is 15.9 Å². The molecule has 1 amide bonds. The molecule has 0 spiro atoms.